The predicted octanol–water partition coefficient (Wildman–Crippen LogP) is 3.79. The second-order valence-corrected chi connectivity index (χ2v) is 7.08. The Hall–Kier alpha value is -1.40. The maximum Gasteiger partial charge on any atom is 0.159 e. The Balaban J connectivity index is 1.83. The summed E-state index contributed by atoms with van der Waals surface area (Å²) in [7, 11) is 0. The van der Waals surface area contributed by atoms with Gasteiger partial charge in [0, 0.05) is 15.7 Å². The molecule has 0 radical (unpaired) electrons. The summed E-state index contributed by atoms with van der Waals surface area (Å²) in [5, 5.41) is 7.07. The van der Waals surface area contributed by atoms with Gasteiger partial charge in [0.1, 0.15) is 0 Å². The lowest BCUT2D eigenvalue weighted by Crippen LogP contribution is -2.16. The molecule has 0 saturated heterocycles. The summed E-state index contributed by atoms with van der Waals surface area (Å²) in [6.45, 7) is 4.43. The van der Waals surface area contributed by atoms with Crippen LogP contribution in [0.3, 0.4) is 0 Å². The minimum atomic E-state index is 0.112. The van der Waals surface area contributed by atoms with Crippen molar-refractivity contribution in [1.29, 1.82) is 0 Å². The molecule has 0 fully saturated rings. The minimum Gasteiger partial charge on any atom is -0.380 e. The van der Waals surface area contributed by atoms with Crippen molar-refractivity contribution in [2.45, 2.75) is 26.3 Å². The molecule has 0 atom stereocenters. The second-order valence-electron chi connectivity index (χ2n) is 5.92. The first-order chi connectivity index (χ1) is 11.1. The maximum atomic E-state index is 11.5. The van der Waals surface area contributed by atoms with E-state index in [-0.39, 0.29) is 5.78 Å². The fourth-order valence-electron chi connectivity index (χ4n) is 3.03. The number of halogens is 1. The van der Waals surface area contributed by atoms with Gasteiger partial charge in [-0.15, -0.1) is 0 Å². The summed E-state index contributed by atoms with van der Waals surface area (Å²) in [5.41, 5.74) is 6.04. The monoisotopic (exact) mass is 420 g/mol. The van der Waals surface area contributed by atoms with Gasteiger partial charge in [0.15, 0.2) is 5.78 Å². The van der Waals surface area contributed by atoms with Crippen LogP contribution in [0.5, 0.6) is 0 Å². The van der Waals surface area contributed by atoms with Crippen LogP contribution in [0, 0.1) is 3.57 Å². The van der Waals surface area contributed by atoms with Crippen molar-refractivity contribution in [2.75, 3.05) is 18.4 Å². The molecule has 0 amide bonds. The SMILES string of the molecule is CC(=O)c1cccc(CNc2c(I)ccc3c2CCNCC3)c1. The highest BCUT2D eigenvalue weighted by molar-refractivity contribution is 14.1. The zero-order chi connectivity index (χ0) is 16.2. The zero-order valence-corrected chi connectivity index (χ0v) is 15.4. The molecule has 0 unspecified atom stereocenters. The number of carbonyl (C=O) groups is 1. The van der Waals surface area contributed by atoms with Gasteiger partial charge in [0.2, 0.25) is 0 Å². The molecule has 0 saturated carbocycles. The van der Waals surface area contributed by atoms with Crippen LogP contribution >= 0.6 is 22.6 Å². The molecule has 2 aromatic rings. The van der Waals surface area contributed by atoms with E-state index < -0.39 is 0 Å². The quantitative estimate of drug-likeness (QED) is 0.584. The molecule has 3 nitrogen and oxygen atoms in total. The van der Waals surface area contributed by atoms with E-state index in [1.54, 1.807) is 6.92 Å². The van der Waals surface area contributed by atoms with E-state index in [1.807, 2.05) is 18.2 Å². The molecule has 4 heteroatoms. The molecular formula is C19H21IN2O. The van der Waals surface area contributed by atoms with Crippen LogP contribution in [-0.4, -0.2) is 18.9 Å². The summed E-state index contributed by atoms with van der Waals surface area (Å²) in [5.74, 6) is 0.112. The van der Waals surface area contributed by atoms with Gasteiger partial charge in [-0.05, 0) is 84.3 Å². The number of benzene rings is 2. The molecule has 2 N–H and O–H groups in total. The van der Waals surface area contributed by atoms with Gasteiger partial charge in [-0.3, -0.25) is 4.79 Å². The molecule has 1 aliphatic rings. The summed E-state index contributed by atoms with van der Waals surface area (Å²) < 4.78 is 1.26. The van der Waals surface area contributed by atoms with Crippen molar-refractivity contribution in [3.05, 3.63) is 62.2 Å². The van der Waals surface area contributed by atoms with Gasteiger partial charge in [0.25, 0.3) is 0 Å². The average Bonchev–Trinajstić information content (AvgIpc) is 2.79. The number of ketones is 1. The highest BCUT2D eigenvalue weighted by Crippen LogP contribution is 2.28. The van der Waals surface area contributed by atoms with Crippen molar-refractivity contribution in [3.8, 4) is 0 Å². The summed E-state index contributed by atoms with van der Waals surface area (Å²) in [6, 6.07) is 12.3. The number of carbonyl (C=O) groups excluding carboxylic acids is 1. The Morgan fingerprint density at radius 2 is 2.04 bits per heavy atom. The largest absolute Gasteiger partial charge is 0.380 e. The molecule has 1 aliphatic heterocycles. The van der Waals surface area contributed by atoms with Gasteiger partial charge in [-0.25, -0.2) is 0 Å². The molecule has 120 valence electrons. The molecule has 1 heterocycles. The fourth-order valence-corrected chi connectivity index (χ4v) is 3.72. The number of rotatable bonds is 4. The molecule has 3 rings (SSSR count). The first-order valence-electron chi connectivity index (χ1n) is 8.00. The molecule has 0 bridgehead atoms. The van der Waals surface area contributed by atoms with Crippen molar-refractivity contribution < 1.29 is 4.79 Å². The van der Waals surface area contributed by atoms with Gasteiger partial charge >= 0.3 is 0 Å². The van der Waals surface area contributed by atoms with Crippen molar-refractivity contribution in [2.24, 2.45) is 0 Å². The zero-order valence-electron chi connectivity index (χ0n) is 13.3. The third-order valence-electron chi connectivity index (χ3n) is 4.28. The van der Waals surface area contributed by atoms with E-state index in [0.717, 1.165) is 43.6 Å². The van der Waals surface area contributed by atoms with E-state index in [1.165, 1.54) is 20.4 Å². The molecule has 0 spiro atoms. The van der Waals surface area contributed by atoms with Gasteiger partial charge in [-0.2, -0.15) is 0 Å². The molecule has 23 heavy (non-hydrogen) atoms. The van der Waals surface area contributed by atoms with Crippen molar-refractivity contribution in [3.63, 3.8) is 0 Å². The Morgan fingerprint density at radius 3 is 2.87 bits per heavy atom. The summed E-state index contributed by atoms with van der Waals surface area (Å²) >= 11 is 2.40. The van der Waals surface area contributed by atoms with Gasteiger partial charge in [0.05, 0.1) is 5.69 Å². The maximum absolute atomic E-state index is 11.5. The van der Waals surface area contributed by atoms with E-state index in [0.29, 0.717) is 0 Å². The van der Waals surface area contributed by atoms with E-state index in [9.17, 15) is 4.79 Å². The number of hydrogen-bond donors (Lipinski definition) is 2. The Labute approximate surface area is 151 Å². The van der Waals surface area contributed by atoms with E-state index in [2.05, 4.69) is 51.4 Å². The van der Waals surface area contributed by atoms with Crippen LogP contribution in [0.25, 0.3) is 0 Å². The van der Waals surface area contributed by atoms with Crippen LogP contribution < -0.4 is 10.6 Å². The summed E-state index contributed by atoms with van der Waals surface area (Å²) in [6.07, 6.45) is 2.14. The molecular weight excluding hydrogens is 399 g/mol. The summed E-state index contributed by atoms with van der Waals surface area (Å²) in [4.78, 5) is 11.5. The van der Waals surface area contributed by atoms with Crippen LogP contribution in [-0.2, 0) is 19.4 Å². The van der Waals surface area contributed by atoms with Gasteiger partial charge in [-0.1, -0.05) is 24.3 Å². The minimum absolute atomic E-state index is 0.112. The Kier molecular flexibility index (Phi) is 5.33. The first-order valence-corrected chi connectivity index (χ1v) is 9.08. The predicted molar refractivity (Wildman–Crippen MR) is 103 cm³/mol. The smallest absolute Gasteiger partial charge is 0.159 e. The van der Waals surface area contributed by atoms with Crippen molar-refractivity contribution >= 4 is 34.1 Å². The van der Waals surface area contributed by atoms with Crippen LogP contribution in [0.2, 0.25) is 0 Å². The molecule has 0 aromatic heterocycles. The van der Waals surface area contributed by atoms with Crippen LogP contribution in [0.1, 0.15) is 34.0 Å². The lowest BCUT2D eigenvalue weighted by molar-refractivity contribution is 0.101. The third kappa shape index (κ3) is 3.93. The Morgan fingerprint density at radius 1 is 1.22 bits per heavy atom. The van der Waals surface area contributed by atoms with Crippen LogP contribution in [0.15, 0.2) is 36.4 Å². The molecule has 2 aromatic carbocycles. The topological polar surface area (TPSA) is 41.1 Å². The fraction of sp³-hybridized carbons (Fsp3) is 0.316. The van der Waals surface area contributed by atoms with E-state index >= 15 is 0 Å². The standard InChI is InChI=1S/C19H21IN2O/c1-13(23)16-4-2-3-14(11-16)12-22-19-17-8-10-21-9-7-15(17)5-6-18(19)20/h2-6,11,21-22H,7-10,12H2,1H3. The Bertz CT molecular complexity index is 727. The number of nitrogens with one attached hydrogen (secondary N) is 2. The van der Waals surface area contributed by atoms with E-state index in [4.69, 9.17) is 0 Å². The number of Topliss-reactive ketones (excluding diaryl/α,β-unsaturated/α-hetero) is 1. The highest BCUT2D eigenvalue weighted by atomic mass is 127. The van der Waals surface area contributed by atoms with Crippen molar-refractivity contribution in [1.82, 2.24) is 5.32 Å². The van der Waals surface area contributed by atoms with Gasteiger partial charge < -0.3 is 10.6 Å². The second kappa shape index (κ2) is 7.45. The highest BCUT2D eigenvalue weighted by Gasteiger charge is 2.14. The number of fused-ring (bicyclic) bond motifs is 1. The lowest BCUT2D eigenvalue weighted by atomic mass is 10.0. The average molecular weight is 420 g/mol. The third-order valence-corrected chi connectivity index (χ3v) is 5.18. The number of hydrogen-bond acceptors (Lipinski definition) is 3. The normalized spacial score (nSPS) is 14.0. The number of anilines is 1. The van der Waals surface area contributed by atoms with Crippen LogP contribution in [0.4, 0.5) is 5.69 Å². The lowest BCUT2D eigenvalue weighted by Gasteiger charge is -2.16. The first kappa shape index (κ1) is 16.5. The molecule has 0 aliphatic carbocycles.